The van der Waals surface area contributed by atoms with Crippen LogP contribution < -0.4 is 21.3 Å². The first-order valence-corrected chi connectivity index (χ1v) is 10.1. The van der Waals surface area contributed by atoms with Gasteiger partial charge in [0.25, 0.3) is 0 Å². The zero-order chi connectivity index (χ0) is 17.9. The Kier molecular flexibility index (Phi) is 11.6. The molecule has 0 radical (unpaired) electrons. The van der Waals surface area contributed by atoms with E-state index in [1.54, 1.807) is 0 Å². The molecule has 3 rings (SSSR count). The van der Waals surface area contributed by atoms with Crippen LogP contribution in [0.25, 0.3) is 0 Å². The number of nitrogens with zero attached hydrogens (tertiary/aromatic N) is 3. The molecule has 0 aliphatic carbocycles. The first-order chi connectivity index (χ1) is 12.9. The maximum atomic E-state index is 4.95. The monoisotopic (exact) mass is 425 g/mol. The van der Waals surface area contributed by atoms with Crippen LogP contribution in [0.15, 0.2) is 18.2 Å². The maximum absolute atomic E-state index is 4.95. The second-order valence-electron chi connectivity index (χ2n) is 7.17. The Hall–Kier alpha value is -0.467. The summed E-state index contributed by atoms with van der Waals surface area (Å²) in [5.41, 5.74) is 2.37. The van der Waals surface area contributed by atoms with E-state index in [4.69, 9.17) is 4.98 Å². The first kappa shape index (κ1) is 22.8. The van der Waals surface area contributed by atoms with E-state index in [9.17, 15) is 0 Å². The Labute approximate surface area is 176 Å². The number of nitrogens with one attached hydrogen (secondary N) is 4. The van der Waals surface area contributed by atoms with Crippen molar-refractivity contribution in [2.75, 3.05) is 78.5 Å². The molecule has 2 fully saturated rings. The molecule has 0 amide bonds. The largest absolute Gasteiger partial charge is 2.00 e. The average Bonchev–Trinajstić information content (AvgIpc) is 2.86. The van der Waals surface area contributed by atoms with E-state index < -0.39 is 0 Å². The third-order valence-corrected chi connectivity index (χ3v) is 5.01. The summed E-state index contributed by atoms with van der Waals surface area (Å²) in [5, 5.41) is 13.9. The van der Waals surface area contributed by atoms with E-state index in [1.165, 1.54) is 11.4 Å². The third-order valence-electron chi connectivity index (χ3n) is 5.01. The van der Waals surface area contributed by atoms with Crippen LogP contribution in [0.5, 0.6) is 0 Å². The summed E-state index contributed by atoms with van der Waals surface area (Å²) in [6.07, 6.45) is 0. The van der Waals surface area contributed by atoms with Crippen molar-refractivity contribution in [2.24, 2.45) is 0 Å². The van der Waals surface area contributed by atoms with E-state index in [1.807, 2.05) is 0 Å². The summed E-state index contributed by atoms with van der Waals surface area (Å²) in [7, 11) is 0. The second-order valence-corrected chi connectivity index (χ2v) is 7.17. The van der Waals surface area contributed by atoms with E-state index in [0.717, 1.165) is 91.6 Å². The fourth-order valence-corrected chi connectivity index (χ4v) is 3.51. The zero-order valence-corrected chi connectivity index (χ0v) is 19.6. The number of aromatic nitrogens is 1. The van der Waals surface area contributed by atoms with Crippen LogP contribution in [0.4, 0.5) is 0 Å². The van der Waals surface area contributed by atoms with Crippen LogP contribution in [-0.4, -0.2) is 93.3 Å². The van der Waals surface area contributed by atoms with Gasteiger partial charge >= 0.3 is 19.5 Å². The van der Waals surface area contributed by atoms with Crippen molar-refractivity contribution >= 4 is 0 Å². The van der Waals surface area contributed by atoms with Crippen molar-refractivity contribution in [3.05, 3.63) is 29.6 Å². The summed E-state index contributed by atoms with van der Waals surface area (Å²) < 4.78 is 0. The van der Waals surface area contributed by atoms with Crippen LogP contribution in [0.1, 0.15) is 11.4 Å². The van der Waals surface area contributed by atoms with E-state index >= 15 is 0 Å². The first-order valence-electron chi connectivity index (χ1n) is 10.1. The molecule has 0 aromatic carbocycles. The topological polar surface area (TPSA) is 67.5 Å². The van der Waals surface area contributed by atoms with Crippen molar-refractivity contribution in [3.63, 3.8) is 0 Å². The van der Waals surface area contributed by atoms with Gasteiger partial charge in [-0.1, -0.05) is 6.07 Å². The summed E-state index contributed by atoms with van der Waals surface area (Å²) in [6, 6.07) is 6.49. The molecule has 8 heteroatoms. The van der Waals surface area contributed by atoms with Gasteiger partial charge in [0.1, 0.15) is 0 Å². The molecule has 0 spiro atoms. The molecule has 7 nitrogen and oxygen atoms in total. The molecule has 0 atom stereocenters. The molecule has 0 unspecified atom stereocenters. The van der Waals surface area contributed by atoms with Gasteiger partial charge in [-0.25, -0.2) is 0 Å². The SMILES string of the molecule is [Zn+2].c1cc(CN2CCNCCNCC2)nc(CN2CCNCCNCC2)c1. The molecule has 27 heavy (non-hydrogen) atoms. The minimum absolute atomic E-state index is 0. The molecule has 0 saturated carbocycles. The fourth-order valence-electron chi connectivity index (χ4n) is 3.51. The molecule has 3 heterocycles. The number of rotatable bonds is 4. The Bertz CT molecular complexity index is 455. The van der Waals surface area contributed by atoms with Gasteiger partial charge in [-0.05, 0) is 12.1 Å². The molecule has 2 aliphatic rings. The summed E-state index contributed by atoms with van der Waals surface area (Å²) in [4.78, 5) is 9.93. The van der Waals surface area contributed by atoms with Crippen LogP contribution in [0.3, 0.4) is 0 Å². The van der Waals surface area contributed by atoms with Crippen molar-refractivity contribution < 1.29 is 19.5 Å². The van der Waals surface area contributed by atoms with Gasteiger partial charge in [-0.2, -0.15) is 0 Å². The van der Waals surface area contributed by atoms with Crippen molar-refractivity contribution in [1.29, 1.82) is 0 Å². The molecule has 2 saturated heterocycles. The summed E-state index contributed by atoms with van der Waals surface area (Å²) in [5.74, 6) is 0. The van der Waals surface area contributed by atoms with E-state index in [0.29, 0.717) is 0 Å². The van der Waals surface area contributed by atoms with Crippen LogP contribution >= 0.6 is 0 Å². The summed E-state index contributed by atoms with van der Waals surface area (Å²) in [6.45, 7) is 14.6. The molecule has 146 valence electrons. The Morgan fingerprint density at radius 3 is 1.37 bits per heavy atom. The van der Waals surface area contributed by atoms with Gasteiger partial charge in [-0.3, -0.25) is 14.8 Å². The average molecular weight is 427 g/mol. The minimum Gasteiger partial charge on any atom is -0.314 e. The Morgan fingerprint density at radius 2 is 1.00 bits per heavy atom. The van der Waals surface area contributed by atoms with Crippen molar-refractivity contribution in [2.45, 2.75) is 13.1 Å². The van der Waals surface area contributed by atoms with E-state index in [2.05, 4.69) is 49.3 Å². The fraction of sp³-hybridized carbons (Fsp3) is 0.737. The number of hydrogen-bond donors (Lipinski definition) is 4. The smallest absolute Gasteiger partial charge is 0.314 e. The van der Waals surface area contributed by atoms with E-state index in [-0.39, 0.29) is 19.5 Å². The predicted octanol–water partition coefficient (Wildman–Crippen LogP) is -0.931. The molecular formula is C19H35N7Zn+2. The summed E-state index contributed by atoms with van der Waals surface area (Å²) >= 11 is 0. The predicted molar refractivity (Wildman–Crippen MR) is 106 cm³/mol. The Morgan fingerprint density at radius 1 is 0.630 bits per heavy atom. The number of pyridine rings is 1. The van der Waals surface area contributed by atoms with Gasteiger partial charge in [0.15, 0.2) is 0 Å². The maximum Gasteiger partial charge on any atom is 2.00 e. The van der Waals surface area contributed by atoms with Gasteiger partial charge in [0.05, 0.1) is 11.4 Å². The van der Waals surface area contributed by atoms with Gasteiger partial charge < -0.3 is 21.3 Å². The zero-order valence-electron chi connectivity index (χ0n) is 16.7. The van der Waals surface area contributed by atoms with Crippen LogP contribution in [-0.2, 0) is 32.6 Å². The van der Waals surface area contributed by atoms with Gasteiger partial charge in [0.2, 0.25) is 0 Å². The number of hydrogen-bond acceptors (Lipinski definition) is 7. The normalized spacial score (nSPS) is 21.6. The standard InChI is InChI=1S/C19H35N7.Zn/c1-2-18(16-25-12-8-20-4-5-21-9-13-25)24-19(3-1)17-26-14-10-22-6-7-23-11-15-26;/h1-3,20-23H,4-17H2;/q;+2. The molecule has 0 bridgehead atoms. The molecule has 4 N–H and O–H groups in total. The second kappa shape index (κ2) is 13.7. The third kappa shape index (κ3) is 9.05. The van der Waals surface area contributed by atoms with Crippen LogP contribution in [0, 0.1) is 0 Å². The van der Waals surface area contributed by atoms with Crippen molar-refractivity contribution in [1.82, 2.24) is 36.1 Å². The van der Waals surface area contributed by atoms with Gasteiger partial charge in [0, 0.05) is 91.6 Å². The van der Waals surface area contributed by atoms with Gasteiger partial charge in [-0.15, -0.1) is 0 Å². The van der Waals surface area contributed by atoms with Crippen LogP contribution in [0.2, 0.25) is 0 Å². The molecule has 2 aliphatic heterocycles. The molecule has 1 aromatic heterocycles. The Balaban J connectivity index is 0.00000261. The molecular weight excluding hydrogens is 392 g/mol. The van der Waals surface area contributed by atoms with Crippen molar-refractivity contribution in [3.8, 4) is 0 Å². The quantitative estimate of drug-likeness (QED) is 0.464. The molecule has 1 aromatic rings. The minimum atomic E-state index is 0.